The minimum absolute atomic E-state index is 0.0486. The van der Waals surface area contributed by atoms with Crippen LogP contribution in [0.25, 0.3) is 0 Å². The van der Waals surface area contributed by atoms with E-state index >= 15 is 0 Å². The maximum atomic E-state index is 12.5. The van der Waals surface area contributed by atoms with Crippen LogP contribution in [0.4, 0.5) is 0 Å². The first-order valence-corrected chi connectivity index (χ1v) is 49.7. The van der Waals surface area contributed by atoms with E-state index in [0.29, 0.717) is 192 Å². The summed E-state index contributed by atoms with van der Waals surface area (Å²) in [6, 6.07) is 12.2. The fourth-order valence-electron chi connectivity index (χ4n) is 33.3. The monoisotopic (exact) mass is 1780 g/mol. The third kappa shape index (κ3) is 16.9. The van der Waals surface area contributed by atoms with E-state index in [4.69, 9.17) is 42.6 Å². The Morgan fingerprint density at radius 3 is 1.19 bits per heavy atom. The molecule has 18 aliphatic carbocycles. The molecule has 13 saturated carbocycles. The predicted molar refractivity (Wildman–Crippen MR) is 481 cm³/mol. The number of fused-ring (bicyclic) bond motifs is 25. The van der Waals surface area contributed by atoms with Crippen LogP contribution in [0.1, 0.15) is 275 Å². The van der Waals surface area contributed by atoms with Gasteiger partial charge in [-0.1, -0.05) is 122 Å². The number of hydrogen-bond donors (Lipinski definition) is 6. The van der Waals surface area contributed by atoms with Crippen LogP contribution in [0.5, 0.6) is 11.5 Å². The highest BCUT2D eigenvalue weighted by molar-refractivity contribution is 7.90. The molecule has 6 N–H and O–H groups in total. The summed E-state index contributed by atoms with van der Waals surface area (Å²) in [6.07, 6.45) is 41.8. The van der Waals surface area contributed by atoms with Gasteiger partial charge in [-0.3, -0.25) is 19.2 Å². The summed E-state index contributed by atoms with van der Waals surface area (Å²) in [6.45, 7) is 22.0. The molecule has 698 valence electrons. The molecule has 126 heavy (non-hydrogen) atoms. The molecule has 20 rings (SSSR count). The number of hydrogen-bond acceptors (Lipinski definition) is 23. The van der Waals surface area contributed by atoms with Crippen molar-refractivity contribution in [1.82, 2.24) is 0 Å². The molecule has 0 amide bonds. The average molecular weight is 1790 g/mol. The Balaban J connectivity index is 0.000000116. The first-order chi connectivity index (χ1) is 60.4. The zero-order valence-electron chi connectivity index (χ0n) is 77.3. The lowest BCUT2D eigenvalue weighted by Crippen LogP contribution is -2.56. The Bertz CT molecular complexity index is 4130. The van der Waals surface area contributed by atoms with E-state index in [1.807, 2.05) is 56.7 Å². The highest BCUT2D eigenvalue weighted by Gasteiger charge is 2.66. The van der Waals surface area contributed by atoms with Gasteiger partial charge in [0.15, 0.2) is 5.78 Å². The summed E-state index contributed by atoms with van der Waals surface area (Å²) < 4.78 is 47.1. The minimum atomic E-state index is -0.291. The number of carbonyl (C=O) groups is 4. The number of aliphatic hydroxyl groups is 4. The number of rotatable bonds is 18. The van der Waals surface area contributed by atoms with Crippen LogP contribution in [0.3, 0.4) is 0 Å². The van der Waals surface area contributed by atoms with Crippen molar-refractivity contribution in [2.45, 2.75) is 277 Å². The zero-order chi connectivity index (χ0) is 89.4. The van der Waals surface area contributed by atoms with E-state index in [0.717, 1.165) is 148 Å². The summed E-state index contributed by atoms with van der Waals surface area (Å²) in [7, 11) is 8.83. The lowest BCUT2D eigenvalue weighted by Gasteiger charge is -2.61. The molecule has 2 aromatic rings. The fourth-order valence-corrected chi connectivity index (χ4v) is 33.7. The Morgan fingerprint density at radius 2 is 0.770 bits per heavy atom. The molecular formula is C103H148O21S2. The van der Waals surface area contributed by atoms with Gasteiger partial charge in [0.05, 0.1) is 44.2 Å². The molecule has 0 aliphatic heterocycles. The van der Waals surface area contributed by atoms with Gasteiger partial charge in [-0.2, -0.15) is 0 Å². The number of carbonyl (C=O) groups excluding carboxylic acids is 4. The van der Waals surface area contributed by atoms with Crippen molar-refractivity contribution in [3.8, 4) is 11.5 Å². The molecule has 0 saturated heterocycles. The van der Waals surface area contributed by atoms with Gasteiger partial charge in [-0.15, -0.1) is 0 Å². The average Bonchev–Trinajstić information content (AvgIpc) is 1.22. The van der Waals surface area contributed by atoms with Gasteiger partial charge in [-0.05, 0) is 347 Å². The van der Waals surface area contributed by atoms with Crippen LogP contribution in [0.2, 0.25) is 0 Å². The molecule has 18 aliphatic rings. The van der Waals surface area contributed by atoms with E-state index in [9.17, 15) is 39.6 Å². The second-order valence-corrected chi connectivity index (χ2v) is 45.4. The SMILES string of the molecule is COC[C@@H]1C[C@@H]2[C@H](CC[C@]3(C)C(=O)CC[C@@H]23)c2ccc(OSOOO)cc21.COC[C@@H]1C[C@H]2[C@@H]3CC[C@H](O)[C@@]3(C)CC[C@@H]2[C@@]2(C)C=CC(O)CC12.COC[C@H]1C[C@@H]2[C@H](CC[C@]3(C)C(=O)CC[C@@H]23)[C@@]2(C)C=CC(=O)C=C12.COC[C@H]1C[C@@H]2[C@H](CC[C@]3(C)C(=O)CC[C@@H]23)c2ccc(OSOOO)cc21.COC[C@H]1C[C@H]2[C@@H]3CC[C@H](O)[C@@]3(C)CC[C@@H]2[C@@]2(C)C=CC(O)CC12. The van der Waals surface area contributed by atoms with Gasteiger partial charge in [-0.25, -0.2) is 10.5 Å². The normalized spacial score (nSPS) is 45.3. The third-order valence-corrected chi connectivity index (χ3v) is 40.2. The minimum Gasteiger partial charge on any atom is -0.399 e. The fraction of sp³-hybridized carbons (Fsp3) is 0.767. The van der Waals surface area contributed by atoms with Gasteiger partial charge in [0.2, 0.25) is 0 Å². The van der Waals surface area contributed by atoms with Crippen molar-refractivity contribution in [2.24, 2.45) is 150 Å². The molecule has 4 unspecified atom stereocenters. The van der Waals surface area contributed by atoms with Crippen LogP contribution in [0, 0.1) is 150 Å². The Morgan fingerprint density at radius 1 is 0.381 bits per heavy atom. The molecular weight excluding hydrogens is 1640 g/mol. The second kappa shape index (κ2) is 38.3. The molecule has 34 atom stereocenters. The van der Waals surface area contributed by atoms with Gasteiger partial charge >= 0.3 is 0 Å². The smallest absolute Gasteiger partial charge is 0.261 e. The number of ketones is 4. The van der Waals surface area contributed by atoms with E-state index in [1.165, 1.54) is 66.4 Å². The maximum Gasteiger partial charge on any atom is 0.261 e. The Kier molecular flexibility index (Phi) is 28.8. The van der Waals surface area contributed by atoms with Gasteiger partial charge in [0, 0.05) is 107 Å². The highest BCUT2D eigenvalue weighted by Crippen LogP contribution is 2.71. The molecule has 13 fully saturated rings. The maximum absolute atomic E-state index is 12.5. The lowest BCUT2D eigenvalue weighted by molar-refractivity contribution is -0.433. The number of benzene rings is 2. The van der Waals surface area contributed by atoms with Gasteiger partial charge in [0.25, 0.3) is 24.6 Å². The summed E-state index contributed by atoms with van der Waals surface area (Å²) in [5.41, 5.74) is 6.72. The van der Waals surface area contributed by atoms with E-state index < -0.39 is 0 Å². The van der Waals surface area contributed by atoms with Crippen LogP contribution in [-0.2, 0) is 61.6 Å². The van der Waals surface area contributed by atoms with Crippen LogP contribution >= 0.6 is 24.6 Å². The predicted octanol–water partition coefficient (Wildman–Crippen LogP) is 19.9. The van der Waals surface area contributed by atoms with Gasteiger partial charge < -0.3 is 52.5 Å². The Labute approximate surface area is 757 Å². The Hall–Kier alpha value is -4.22. The lowest BCUT2D eigenvalue weighted by atomic mass is 9.44. The number of allylic oxidation sites excluding steroid dienone is 5. The summed E-state index contributed by atoms with van der Waals surface area (Å²) in [5.74, 6) is 14.5. The number of ether oxygens (including phenoxy) is 5. The van der Waals surface area contributed by atoms with Crippen LogP contribution in [-0.4, -0.2) is 147 Å². The summed E-state index contributed by atoms with van der Waals surface area (Å²) >= 11 is 1.13. The quantitative estimate of drug-likeness (QED) is 0.0266. The topological polar surface area (TPSA) is 291 Å². The standard InChI is InChI=1S/2C21H34O3.C21H28O3.2C20H26O6S/c3*1-20-8-6-14(22)11-18(20)13(12-24-3)10-15-16-4-5-19(23)21(16,2)9-7-17(15)20;2*1-20-8-7-15-14-4-3-13(24-27-26-25-22)10-16(14)12(11-23-2)9-17(15)18(20)5-6-19(20)21/h2*6,8,13-19,22-23H,4-5,7,9-12H2,1-3H3;6,8,11,13,15-17H,4-5,7,9-10,12H2,1-3H3;2*3-4,10,12,15,17-18,22H,5-9,11H2,1-2H3/t13-,14?,15+,16+,17+,18?,19+,20-,21+;13-,14?,15-,16-,17-,18?,19-,20+,21-;13-,15+,16+,17+,20-,21+;12-,15+,17+,18-,20-;12-,15-,17-,18+,20+/m10101/s1. The van der Waals surface area contributed by atoms with Gasteiger partial charge in [0.1, 0.15) is 28.8 Å². The summed E-state index contributed by atoms with van der Waals surface area (Å²) in [5, 5.41) is 65.2. The molecule has 0 radical (unpaired) electrons. The van der Waals surface area contributed by atoms with Crippen molar-refractivity contribution in [1.29, 1.82) is 0 Å². The number of aliphatic hydroxyl groups excluding tert-OH is 4. The van der Waals surface area contributed by atoms with Crippen molar-refractivity contribution < 1.29 is 101 Å². The second-order valence-electron chi connectivity index (χ2n) is 44.5. The largest absolute Gasteiger partial charge is 0.399 e. The first-order valence-electron chi connectivity index (χ1n) is 48.4. The van der Waals surface area contributed by atoms with Crippen molar-refractivity contribution in [2.75, 3.05) is 68.6 Å². The van der Waals surface area contributed by atoms with E-state index in [-0.39, 0.29) is 85.4 Å². The van der Waals surface area contributed by atoms with E-state index in [2.05, 4.69) is 104 Å². The molecule has 0 bridgehead atoms. The first kappa shape index (κ1) is 95.0. The molecule has 21 nitrogen and oxygen atoms in total. The highest BCUT2D eigenvalue weighted by atomic mass is 32.2. The van der Waals surface area contributed by atoms with Crippen molar-refractivity contribution in [3.63, 3.8) is 0 Å². The molecule has 0 aromatic heterocycles. The molecule has 0 heterocycles. The third-order valence-electron chi connectivity index (χ3n) is 39.5. The number of Topliss-reactive ketones (excluding diaryl/α,β-unsaturated/α-hetero) is 3. The van der Waals surface area contributed by atoms with Crippen molar-refractivity contribution in [3.05, 3.63) is 107 Å². The van der Waals surface area contributed by atoms with Crippen molar-refractivity contribution >= 4 is 47.8 Å². The summed E-state index contributed by atoms with van der Waals surface area (Å²) in [4.78, 5) is 49.6. The van der Waals surface area contributed by atoms with Crippen LogP contribution < -0.4 is 8.37 Å². The zero-order valence-corrected chi connectivity index (χ0v) is 78.9. The van der Waals surface area contributed by atoms with E-state index in [1.54, 1.807) is 27.4 Å². The molecule has 2 aromatic carbocycles. The molecule has 23 heteroatoms. The number of methoxy groups -OCH3 is 5. The molecule has 0 spiro atoms. The van der Waals surface area contributed by atoms with Crippen LogP contribution in [0.15, 0.2) is 84.5 Å².